The van der Waals surface area contributed by atoms with Gasteiger partial charge in [-0.05, 0) is 24.3 Å². The van der Waals surface area contributed by atoms with Gasteiger partial charge in [0.1, 0.15) is 23.6 Å². The number of hydrogen-bond acceptors (Lipinski definition) is 3. The maximum Gasteiger partial charge on any atom is 0.150 e. The van der Waals surface area contributed by atoms with Crippen LogP contribution in [0.5, 0.6) is 11.5 Å². The molecule has 4 heteroatoms. The normalized spacial score (nSPS) is 10.1. The smallest absolute Gasteiger partial charge is 0.150 e. The van der Waals surface area contributed by atoms with Crippen LogP contribution in [0.25, 0.3) is 11.1 Å². The van der Waals surface area contributed by atoms with Crippen molar-refractivity contribution in [3.63, 3.8) is 0 Å². The third kappa shape index (κ3) is 2.57. The molecule has 2 aromatic carbocycles. The van der Waals surface area contributed by atoms with Crippen molar-refractivity contribution < 1.29 is 18.7 Å². The molecule has 0 atom stereocenters. The first kappa shape index (κ1) is 13.1. The second-order valence-electron chi connectivity index (χ2n) is 3.92. The van der Waals surface area contributed by atoms with E-state index in [0.717, 1.165) is 0 Å². The van der Waals surface area contributed by atoms with Crippen LogP contribution in [-0.2, 0) is 0 Å². The zero-order valence-corrected chi connectivity index (χ0v) is 10.6. The summed E-state index contributed by atoms with van der Waals surface area (Å²) in [5, 5.41) is 0. The Hall–Kier alpha value is -2.36. The number of carbonyl (C=O) groups excluding carboxylic acids is 1. The van der Waals surface area contributed by atoms with Gasteiger partial charge >= 0.3 is 0 Å². The number of carbonyl (C=O) groups is 1. The Bertz CT molecular complexity index is 608. The summed E-state index contributed by atoms with van der Waals surface area (Å²) in [4.78, 5) is 10.6. The topological polar surface area (TPSA) is 35.5 Å². The van der Waals surface area contributed by atoms with Gasteiger partial charge in [0, 0.05) is 16.7 Å². The first-order chi connectivity index (χ1) is 9.19. The second-order valence-corrected chi connectivity index (χ2v) is 3.92. The molecular formula is C15H13FO3. The first-order valence-electron chi connectivity index (χ1n) is 5.66. The number of benzene rings is 2. The Balaban J connectivity index is 2.59. The van der Waals surface area contributed by atoms with Crippen molar-refractivity contribution >= 4 is 6.29 Å². The van der Waals surface area contributed by atoms with E-state index in [1.165, 1.54) is 20.3 Å². The summed E-state index contributed by atoms with van der Waals surface area (Å²) >= 11 is 0. The van der Waals surface area contributed by atoms with Crippen LogP contribution in [0.4, 0.5) is 4.39 Å². The Morgan fingerprint density at radius 3 is 2.37 bits per heavy atom. The number of halogens is 1. The van der Waals surface area contributed by atoms with E-state index in [2.05, 4.69) is 0 Å². The molecule has 0 aliphatic rings. The lowest BCUT2D eigenvalue weighted by molar-refractivity contribution is 0.112. The second kappa shape index (κ2) is 5.52. The van der Waals surface area contributed by atoms with Gasteiger partial charge < -0.3 is 9.47 Å². The standard InChI is InChI=1S/C15H13FO3/c1-18-11-4-6-15(19-2)13(8-11)12-5-3-10(9-17)7-14(12)16/h3-9H,1-2H3. The molecular weight excluding hydrogens is 247 g/mol. The van der Waals surface area contributed by atoms with Gasteiger partial charge in [-0.15, -0.1) is 0 Å². The van der Waals surface area contributed by atoms with Crippen LogP contribution in [-0.4, -0.2) is 20.5 Å². The molecule has 2 aromatic rings. The van der Waals surface area contributed by atoms with E-state index < -0.39 is 5.82 Å². The highest BCUT2D eigenvalue weighted by molar-refractivity contribution is 5.79. The molecule has 0 aliphatic carbocycles. The maximum atomic E-state index is 14.0. The van der Waals surface area contributed by atoms with E-state index in [9.17, 15) is 9.18 Å². The highest BCUT2D eigenvalue weighted by Gasteiger charge is 2.12. The summed E-state index contributed by atoms with van der Waals surface area (Å²) in [6.45, 7) is 0. The van der Waals surface area contributed by atoms with Crippen LogP contribution >= 0.6 is 0 Å². The average molecular weight is 260 g/mol. The first-order valence-corrected chi connectivity index (χ1v) is 5.66. The van der Waals surface area contributed by atoms with Crippen LogP contribution in [0.1, 0.15) is 10.4 Å². The zero-order chi connectivity index (χ0) is 13.8. The summed E-state index contributed by atoms with van der Waals surface area (Å²) in [5.41, 5.74) is 1.24. The van der Waals surface area contributed by atoms with Crippen molar-refractivity contribution in [1.82, 2.24) is 0 Å². The van der Waals surface area contributed by atoms with Crippen molar-refractivity contribution in [2.45, 2.75) is 0 Å². The van der Waals surface area contributed by atoms with Gasteiger partial charge in [0.05, 0.1) is 14.2 Å². The fourth-order valence-electron chi connectivity index (χ4n) is 1.85. The van der Waals surface area contributed by atoms with Crippen molar-refractivity contribution in [2.75, 3.05) is 14.2 Å². The lowest BCUT2D eigenvalue weighted by atomic mass is 10.0. The van der Waals surface area contributed by atoms with E-state index in [1.807, 2.05) is 0 Å². The molecule has 0 saturated heterocycles. The van der Waals surface area contributed by atoms with Crippen LogP contribution < -0.4 is 9.47 Å². The van der Waals surface area contributed by atoms with Crippen molar-refractivity contribution in [3.05, 3.63) is 47.8 Å². The summed E-state index contributed by atoms with van der Waals surface area (Å²) in [6, 6.07) is 9.45. The SMILES string of the molecule is COc1ccc(OC)c(-c2ccc(C=O)cc2F)c1. The average Bonchev–Trinajstić information content (AvgIpc) is 2.46. The molecule has 0 unspecified atom stereocenters. The molecule has 0 fully saturated rings. The molecule has 98 valence electrons. The number of hydrogen-bond donors (Lipinski definition) is 0. The fraction of sp³-hybridized carbons (Fsp3) is 0.133. The Morgan fingerprint density at radius 1 is 1.00 bits per heavy atom. The van der Waals surface area contributed by atoms with Crippen molar-refractivity contribution in [1.29, 1.82) is 0 Å². The van der Waals surface area contributed by atoms with Crippen LogP contribution in [0, 0.1) is 5.82 Å². The van der Waals surface area contributed by atoms with Gasteiger partial charge in [-0.2, -0.15) is 0 Å². The number of ether oxygens (including phenoxy) is 2. The number of methoxy groups -OCH3 is 2. The summed E-state index contributed by atoms with van der Waals surface area (Å²) in [7, 11) is 3.06. The van der Waals surface area contributed by atoms with E-state index >= 15 is 0 Å². The Kier molecular flexibility index (Phi) is 3.80. The van der Waals surface area contributed by atoms with Crippen molar-refractivity contribution in [3.8, 4) is 22.6 Å². The lowest BCUT2D eigenvalue weighted by Gasteiger charge is -2.11. The van der Waals surface area contributed by atoms with Crippen LogP contribution in [0.2, 0.25) is 0 Å². The molecule has 0 amide bonds. The van der Waals surface area contributed by atoms with E-state index in [1.54, 1.807) is 30.3 Å². The Labute approximate surface area is 110 Å². The van der Waals surface area contributed by atoms with Gasteiger partial charge in [0.15, 0.2) is 0 Å². The largest absolute Gasteiger partial charge is 0.497 e. The quantitative estimate of drug-likeness (QED) is 0.791. The minimum atomic E-state index is -0.476. The Morgan fingerprint density at radius 2 is 1.79 bits per heavy atom. The highest BCUT2D eigenvalue weighted by Crippen LogP contribution is 2.34. The molecule has 0 saturated carbocycles. The highest BCUT2D eigenvalue weighted by atomic mass is 19.1. The van der Waals surface area contributed by atoms with E-state index in [-0.39, 0.29) is 0 Å². The van der Waals surface area contributed by atoms with E-state index in [0.29, 0.717) is 34.5 Å². The summed E-state index contributed by atoms with van der Waals surface area (Å²) < 4.78 is 24.4. The maximum absolute atomic E-state index is 14.0. The van der Waals surface area contributed by atoms with Crippen LogP contribution in [0.15, 0.2) is 36.4 Å². The summed E-state index contributed by atoms with van der Waals surface area (Å²) in [5.74, 6) is 0.671. The molecule has 19 heavy (non-hydrogen) atoms. The van der Waals surface area contributed by atoms with Gasteiger partial charge in [0.25, 0.3) is 0 Å². The molecule has 2 rings (SSSR count). The van der Waals surface area contributed by atoms with Gasteiger partial charge in [0.2, 0.25) is 0 Å². The molecule has 0 aromatic heterocycles. The van der Waals surface area contributed by atoms with Gasteiger partial charge in [-0.25, -0.2) is 4.39 Å². The van der Waals surface area contributed by atoms with Gasteiger partial charge in [-0.1, -0.05) is 12.1 Å². The number of rotatable bonds is 4. The molecule has 0 radical (unpaired) electrons. The predicted molar refractivity (Wildman–Crippen MR) is 70.3 cm³/mol. The molecule has 0 aliphatic heterocycles. The summed E-state index contributed by atoms with van der Waals surface area (Å²) in [6.07, 6.45) is 0.607. The molecule has 0 heterocycles. The van der Waals surface area contributed by atoms with Crippen LogP contribution in [0.3, 0.4) is 0 Å². The van der Waals surface area contributed by atoms with Gasteiger partial charge in [-0.3, -0.25) is 4.79 Å². The molecule has 0 bridgehead atoms. The van der Waals surface area contributed by atoms with E-state index in [4.69, 9.17) is 9.47 Å². The zero-order valence-electron chi connectivity index (χ0n) is 10.6. The molecule has 0 N–H and O–H groups in total. The predicted octanol–water partition coefficient (Wildman–Crippen LogP) is 3.32. The van der Waals surface area contributed by atoms with Crippen molar-refractivity contribution in [2.24, 2.45) is 0 Å². The minimum absolute atomic E-state index is 0.295. The third-order valence-electron chi connectivity index (χ3n) is 2.83. The fourth-order valence-corrected chi connectivity index (χ4v) is 1.85. The monoisotopic (exact) mass is 260 g/mol. The third-order valence-corrected chi connectivity index (χ3v) is 2.83. The molecule has 3 nitrogen and oxygen atoms in total. The lowest BCUT2D eigenvalue weighted by Crippen LogP contribution is -1.93. The number of aldehydes is 1. The molecule has 0 spiro atoms. The minimum Gasteiger partial charge on any atom is -0.497 e.